The van der Waals surface area contributed by atoms with Crippen LogP contribution in [0.25, 0.3) is 10.4 Å². The van der Waals surface area contributed by atoms with Crippen LogP contribution in [0.4, 0.5) is 4.39 Å². The first kappa shape index (κ1) is 17.4. The maximum Gasteiger partial charge on any atom is 0.230 e. The van der Waals surface area contributed by atoms with Crippen molar-refractivity contribution in [2.24, 2.45) is 0 Å². The highest BCUT2D eigenvalue weighted by atomic mass is 32.1. The number of hydrogen-bond acceptors (Lipinski definition) is 4. The second-order valence-corrected chi connectivity index (χ2v) is 8.42. The molecule has 0 radical (unpaired) electrons. The molecule has 2 heterocycles. The van der Waals surface area contributed by atoms with E-state index in [9.17, 15) is 14.3 Å². The number of hydrogen-bond donors (Lipinski definition) is 2. The van der Waals surface area contributed by atoms with E-state index in [1.165, 1.54) is 23.5 Å². The highest BCUT2D eigenvalue weighted by Gasteiger charge is 2.51. The van der Waals surface area contributed by atoms with Gasteiger partial charge in [-0.2, -0.15) is 11.3 Å². The Labute approximate surface area is 159 Å². The van der Waals surface area contributed by atoms with Crippen LogP contribution in [-0.4, -0.2) is 17.6 Å². The topological polar surface area (TPSA) is 49.3 Å². The summed E-state index contributed by atoms with van der Waals surface area (Å²) in [5.41, 5.74) is 1.42. The van der Waals surface area contributed by atoms with Gasteiger partial charge in [0.05, 0.1) is 5.41 Å². The molecule has 1 atom stereocenters. The standard InChI is InChI=1S/C20H18FNO2S2/c21-15-3-1-14(2-4-15)20(8-9-20)19(24)22-11-16(23)18-6-5-17(26-18)13-7-10-25-12-13/h1-7,10,12,16,23H,8-9,11H2,(H,22,24). The number of aliphatic hydroxyl groups is 1. The van der Waals surface area contributed by atoms with Crippen LogP contribution in [0.15, 0.2) is 53.2 Å². The average Bonchev–Trinajstić information content (AvgIpc) is 3.07. The Bertz CT molecular complexity index is 898. The summed E-state index contributed by atoms with van der Waals surface area (Å²) in [5.74, 6) is -0.405. The fourth-order valence-corrected chi connectivity index (χ4v) is 4.81. The lowest BCUT2D eigenvalue weighted by molar-refractivity contribution is -0.124. The molecular weight excluding hydrogens is 369 g/mol. The maximum atomic E-state index is 13.1. The average molecular weight is 388 g/mol. The molecular formula is C20H18FNO2S2. The number of benzene rings is 1. The van der Waals surface area contributed by atoms with Crippen molar-refractivity contribution in [3.05, 3.63) is 69.5 Å². The monoisotopic (exact) mass is 387 g/mol. The van der Waals surface area contributed by atoms with E-state index in [4.69, 9.17) is 0 Å². The molecule has 0 saturated heterocycles. The number of halogens is 1. The fraction of sp³-hybridized carbons (Fsp3) is 0.250. The van der Waals surface area contributed by atoms with Crippen LogP contribution < -0.4 is 5.32 Å². The van der Waals surface area contributed by atoms with Gasteiger partial charge in [0.15, 0.2) is 0 Å². The molecule has 3 aromatic rings. The number of rotatable bonds is 6. The Balaban J connectivity index is 1.39. The molecule has 6 heteroatoms. The zero-order chi connectivity index (χ0) is 18.1. The zero-order valence-corrected chi connectivity index (χ0v) is 15.6. The van der Waals surface area contributed by atoms with Crippen molar-refractivity contribution in [3.8, 4) is 10.4 Å². The molecule has 134 valence electrons. The van der Waals surface area contributed by atoms with Crippen molar-refractivity contribution in [2.45, 2.75) is 24.4 Å². The van der Waals surface area contributed by atoms with Crippen molar-refractivity contribution in [1.82, 2.24) is 5.32 Å². The quantitative estimate of drug-likeness (QED) is 0.654. The SMILES string of the molecule is O=C(NCC(O)c1ccc(-c2ccsc2)s1)C1(c2ccc(F)cc2)CC1. The molecule has 1 aliphatic rings. The van der Waals surface area contributed by atoms with Gasteiger partial charge in [-0.1, -0.05) is 12.1 Å². The van der Waals surface area contributed by atoms with Gasteiger partial charge in [-0.15, -0.1) is 11.3 Å². The van der Waals surface area contributed by atoms with Gasteiger partial charge in [0.25, 0.3) is 0 Å². The van der Waals surface area contributed by atoms with Crippen LogP contribution in [0.2, 0.25) is 0 Å². The molecule has 0 bridgehead atoms. The lowest BCUT2D eigenvalue weighted by Gasteiger charge is -2.17. The zero-order valence-electron chi connectivity index (χ0n) is 13.9. The Hall–Kier alpha value is -2.02. The summed E-state index contributed by atoms with van der Waals surface area (Å²) in [7, 11) is 0. The van der Waals surface area contributed by atoms with Gasteiger partial charge in [-0.05, 0) is 59.5 Å². The molecule has 1 fully saturated rings. The molecule has 1 saturated carbocycles. The number of carbonyl (C=O) groups is 1. The number of nitrogens with one attached hydrogen (secondary N) is 1. The summed E-state index contributed by atoms with van der Waals surface area (Å²) in [6.45, 7) is 0.172. The van der Waals surface area contributed by atoms with E-state index >= 15 is 0 Å². The summed E-state index contributed by atoms with van der Waals surface area (Å²) in [4.78, 5) is 14.6. The number of aliphatic hydroxyl groups excluding tert-OH is 1. The molecule has 0 aliphatic heterocycles. The largest absolute Gasteiger partial charge is 0.386 e. The van der Waals surface area contributed by atoms with E-state index in [0.29, 0.717) is 0 Å². The van der Waals surface area contributed by atoms with Crippen LogP contribution in [0.3, 0.4) is 0 Å². The molecule has 1 unspecified atom stereocenters. The van der Waals surface area contributed by atoms with Gasteiger partial charge in [-0.25, -0.2) is 4.39 Å². The fourth-order valence-electron chi connectivity index (χ4n) is 3.09. The lowest BCUT2D eigenvalue weighted by atomic mass is 9.95. The highest BCUT2D eigenvalue weighted by Crippen LogP contribution is 2.48. The second kappa shape index (κ2) is 6.95. The molecule has 0 spiro atoms. The van der Waals surface area contributed by atoms with Crippen LogP contribution in [-0.2, 0) is 10.2 Å². The minimum Gasteiger partial charge on any atom is -0.386 e. The summed E-state index contributed by atoms with van der Waals surface area (Å²) in [6, 6.07) is 12.1. The van der Waals surface area contributed by atoms with Gasteiger partial charge < -0.3 is 10.4 Å². The van der Waals surface area contributed by atoms with Gasteiger partial charge in [0.1, 0.15) is 11.9 Å². The lowest BCUT2D eigenvalue weighted by Crippen LogP contribution is -2.37. The Morgan fingerprint density at radius 3 is 2.62 bits per heavy atom. The van der Waals surface area contributed by atoms with E-state index in [-0.39, 0.29) is 18.3 Å². The van der Waals surface area contributed by atoms with Crippen molar-refractivity contribution in [3.63, 3.8) is 0 Å². The number of carbonyl (C=O) groups excluding carboxylic acids is 1. The van der Waals surface area contributed by atoms with Crippen molar-refractivity contribution in [2.75, 3.05) is 6.54 Å². The normalized spacial score (nSPS) is 16.2. The first-order valence-corrected chi connectivity index (χ1v) is 10.2. The van der Waals surface area contributed by atoms with E-state index < -0.39 is 11.5 Å². The number of amides is 1. The summed E-state index contributed by atoms with van der Waals surface area (Å²) < 4.78 is 13.1. The van der Waals surface area contributed by atoms with Crippen LogP contribution >= 0.6 is 22.7 Å². The van der Waals surface area contributed by atoms with Crippen LogP contribution in [0.1, 0.15) is 29.4 Å². The minimum absolute atomic E-state index is 0.0993. The van der Waals surface area contributed by atoms with Crippen molar-refractivity contribution >= 4 is 28.6 Å². The van der Waals surface area contributed by atoms with E-state index in [2.05, 4.69) is 10.7 Å². The van der Waals surface area contributed by atoms with Crippen LogP contribution in [0.5, 0.6) is 0 Å². The molecule has 1 aliphatic carbocycles. The van der Waals surface area contributed by atoms with Gasteiger partial charge in [0, 0.05) is 21.9 Å². The Morgan fingerprint density at radius 2 is 1.96 bits per heavy atom. The van der Waals surface area contributed by atoms with E-state index in [0.717, 1.165) is 33.7 Å². The third-order valence-corrected chi connectivity index (χ3v) is 6.72. The number of thiophene rings is 2. The van der Waals surface area contributed by atoms with Crippen molar-refractivity contribution in [1.29, 1.82) is 0 Å². The molecule has 3 nitrogen and oxygen atoms in total. The minimum atomic E-state index is -0.736. The first-order valence-electron chi connectivity index (χ1n) is 8.43. The Morgan fingerprint density at radius 1 is 1.19 bits per heavy atom. The Kier molecular flexibility index (Phi) is 4.65. The summed E-state index contributed by atoms with van der Waals surface area (Å²) in [6.07, 6.45) is 0.768. The molecule has 2 N–H and O–H groups in total. The molecule has 2 aromatic heterocycles. The van der Waals surface area contributed by atoms with Crippen molar-refractivity contribution < 1.29 is 14.3 Å². The molecule has 26 heavy (non-hydrogen) atoms. The van der Waals surface area contributed by atoms with Gasteiger partial charge in [-0.3, -0.25) is 4.79 Å². The second-order valence-electron chi connectivity index (χ2n) is 6.53. The predicted molar refractivity (Wildman–Crippen MR) is 103 cm³/mol. The highest BCUT2D eigenvalue weighted by molar-refractivity contribution is 7.16. The van der Waals surface area contributed by atoms with Gasteiger partial charge in [0.2, 0.25) is 5.91 Å². The predicted octanol–water partition coefficient (Wildman–Crippen LogP) is 4.50. The third kappa shape index (κ3) is 3.32. The first-order chi connectivity index (χ1) is 12.6. The third-order valence-electron chi connectivity index (χ3n) is 4.80. The molecule has 4 rings (SSSR count). The smallest absolute Gasteiger partial charge is 0.230 e. The van der Waals surface area contributed by atoms with E-state index in [1.54, 1.807) is 23.5 Å². The van der Waals surface area contributed by atoms with Crippen LogP contribution in [0, 0.1) is 5.82 Å². The summed E-state index contributed by atoms with van der Waals surface area (Å²) in [5, 5.41) is 17.4. The molecule has 1 aromatic carbocycles. The van der Waals surface area contributed by atoms with Gasteiger partial charge >= 0.3 is 0 Å². The summed E-state index contributed by atoms with van der Waals surface area (Å²) >= 11 is 3.17. The van der Waals surface area contributed by atoms with E-state index in [1.807, 2.05) is 23.6 Å². The maximum absolute atomic E-state index is 13.1. The molecule has 1 amide bonds.